The third-order valence-corrected chi connectivity index (χ3v) is 7.46. The Hall–Kier alpha value is -3.01. The lowest BCUT2D eigenvalue weighted by atomic mass is 9.95. The summed E-state index contributed by atoms with van der Waals surface area (Å²) in [6.07, 6.45) is 0. The predicted molar refractivity (Wildman–Crippen MR) is 126 cm³/mol. The van der Waals surface area contributed by atoms with Crippen LogP contribution in [0, 0.1) is 6.92 Å². The van der Waals surface area contributed by atoms with E-state index in [-0.39, 0.29) is 21.8 Å². The molecule has 0 aliphatic carbocycles. The van der Waals surface area contributed by atoms with Crippen molar-refractivity contribution in [3.05, 3.63) is 70.8 Å². The Labute approximate surface area is 194 Å². The predicted octanol–water partition coefficient (Wildman–Crippen LogP) is 2.23. The quantitative estimate of drug-likeness (QED) is 0.378. The zero-order valence-corrected chi connectivity index (χ0v) is 20.3. The number of hydrogen-bond donors (Lipinski definition) is 1. The Kier molecular flexibility index (Phi) is 7.06. The maximum Gasteiger partial charge on any atom is 0.295 e. The van der Waals surface area contributed by atoms with Crippen molar-refractivity contribution < 1.29 is 23.1 Å². The van der Waals surface area contributed by atoms with E-state index in [1.807, 2.05) is 50.2 Å². The molecule has 2 aromatic carbocycles. The minimum absolute atomic E-state index is 0.00849. The first-order chi connectivity index (χ1) is 15.4. The van der Waals surface area contributed by atoms with Crippen LogP contribution >= 0.6 is 0 Å². The molecule has 8 nitrogen and oxygen atoms in total. The van der Waals surface area contributed by atoms with Crippen molar-refractivity contribution in [2.24, 2.45) is 0 Å². The number of aliphatic hydroxyl groups is 1. The molecule has 1 aliphatic heterocycles. The second-order valence-corrected chi connectivity index (χ2v) is 10.7. The molecule has 0 unspecified atom stereocenters. The molecule has 3 rings (SSSR count). The summed E-state index contributed by atoms with van der Waals surface area (Å²) in [7, 11) is 2.97. The Morgan fingerprint density at radius 2 is 1.55 bits per heavy atom. The van der Waals surface area contributed by atoms with E-state index in [1.54, 1.807) is 0 Å². The van der Waals surface area contributed by atoms with Gasteiger partial charge in [0.25, 0.3) is 11.7 Å². The molecule has 2 aromatic rings. The minimum Gasteiger partial charge on any atom is -0.507 e. The van der Waals surface area contributed by atoms with Crippen LogP contribution in [0.15, 0.2) is 59.0 Å². The van der Waals surface area contributed by atoms with E-state index in [2.05, 4.69) is 0 Å². The van der Waals surface area contributed by atoms with Crippen molar-refractivity contribution in [3.63, 3.8) is 0 Å². The molecule has 0 saturated carbocycles. The lowest BCUT2D eigenvalue weighted by Crippen LogP contribution is -2.35. The maximum atomic E-state index is 13.0. The van der Waals surface area contributed by atoms with Crippen molar-refractivity contribution in [3.8, 4) is 0 Å². The largest absolute Gasteiger partial charge is 0.507 e. The van der Waals surface area contributed by atoms with Gasteiger partial charge in [-0.1, -0.05) is 29.8 Å². The number of rotatable bonds is 7. The summed E-state index contributed by atoms with van der Waals surface area (Å²) in [4.78, 5) is 29.4. The molecule has 0 aromatic heterocycles. The highest BCUT2D eigenvalue weighted by Gasteiger charge is 2.45. The number of likely N-dealkylation sites (N-methyl/N-ethyl adjacent to an activating group) is 1. The van der Waals surface area contributed by atoms with E-state index in [1.165, 1.54) is 43.3 Å². The first kappa shape index (κ1) is 24.6. The number of benzene rings is 2. The topological polar surface area (TPSA) is 98.2 Å². The highest BCUT2D eigenvalue weighted by Crippen LogP contribution is 2.39. The molecule has 176 valence electrons. The molecular weight excluding hydrogens is 442 g/mol. The van der Waals surface area contributed by atoms with Crippen LogP contribution in [0.3, 0.4) is 0 Å². The van der Waals surface area contributed by atoms with Gasteiger partial charge in [0.15, 0.2) is 0 Å². The normalized spacial score (nSPS) is 18.5. The van der Waals surface area contributed by atoms with Gasteiger partial charge in [0.2, 0.25) is 10.0 Å². The first-order valence-electron chi connectivity index (χ1n) is 10.5. The summed E-state index contributed by atoms with van der Waals surface area (Å²) in [5.74, 6) is -1.77. The standard InChI is InChI=1S/C24H29N3O5S/c1-16-6-8-17(9-7-16)21-20(23(29)24(30)27(21)15-14-25(2)3)22(28)18-10-12-19(13-11-18)33(31,32)26(4)5/h6-13,21,28H,14-15H2,1-5H3/b22-20+/t21-/m1/s1. The highest BCUT2D eigenvalue weighted by molar-refractivity contribution is 7.89. The fourth-order valence-corrected chi connectivity index (χ4v) is 4.57. The van der Waals surface area contributed by atoms with Gasteiger partial charge in [0.05, 0.1) is 16.5 Å². The van der Waals surface area contributed by atoms with Crippen LogP contribution in [-0.4, -0.2) is 80.6 Å². The SMILES string of the molecule is Cc1ccc([C@@H]2/C(=C(\O)c3ccc(S(=O)(=O)N(C)C)cc3)C(=O)C(=O)N2CCN(C)C)cc1. The van der Waals surface area contributed by atoms with Crippen molar-refractivity contribution in [1.82, 2.24) is 14.1 Å². The Balaban J connectivity index is 2.11. The molecule has 1 atom stereocenters. The molecule has 1 fully saturated rings. The van der Waals surface area contributed by atoms with Crippen LogP contribution < -0.4 is 0 Å². The zero-order chi connectivity index (χ0) is 24.5. The monoisotopic (exact) mass is 471 g/mol. The van der Waals surface area contributed by atoms with Gasteiger partial charge >= 0.3 is 0 Å². The molecule has 1 saturated heterocycles. The number of aliphatic hydroxyl groups excluding tert-OH is 1. The number of likely N-dealkylation sites (tertiary alicyclic amines) is 1. The van der Waals surface area contributed by atoms with E-state index >= 15 is 0 Å². The van der Waals surface area contributed by atoms with Gasteiger partial charge in [0, 0.05) is 32.7 Å². The Morgan fingerprint density at radius 3 is 2.06 bits per heavy atom. The van der Waals surface area contributed by atoms with Crippen LogP contribution in [0.25, 0.3) is 5.76 Å². The molecule has 0 radical (unpaired) electrons. The van der Waals surface area contributed by atoms with Crippen LogP contribution in [0.4, 0.5) is 0 Å². The number of amides is 1. The van der Waals surface area contributed by atoms with Crippen molar-refractivity contribution >= 4 is 27.5 Å². The van der Waals surface area contributed by atoms with Gasteiger partial charge in [-0.25, -0.2) is 12.7 Å². The molecule has 1 aliphatic rings. The molecule has 1 N–H and O–H groups in total. The second kappa shape index (κ2) is 9.46. The van der Waals surface area contributed by atoms with Crippen LogP contribution in [0.2, 0.25) is 0 Å². The summed E-state index contributed by atoms with van der Waals surface area (Å²) in [5, 5.41) is 11.1. The van der Waals surface area contributed by atoms with Crippen LogP contribution in [0.1, 0.15) is 22.7 Å². The Morgan fingerprint density at radius 1 is 0.970 bits per heavy atom. The minimum atomic E-state index is -3.64. The van der Waals surface area contributed by atoms with Crippen molar-refractivity contribution in [2.45, 2.75) is 17.9 Å². The van der Waals surface area contributed by atoms with Gasteiger partial charge in [-0.05, 0) is 50.8 Å². The number of nitrogens with zero attached hydrogens (tertiary/aromatic N) is 3. The molecule has 0 bridgehead atoms. The van der Waals surface area contributed by atoms with E-state index in [9.17, 15) is 23.1 Å². The summed E-state index contributed by atoms with van der Waals surface area (Å²) in [5.41, 5.74) is 2.00. The number of Topliss-reactive ketones (excluding diaryl/α,β-unsaturated/α-hetero) is 1. The number of aryl methyl sites for hydroxylation is 1. The number of carbonyl (C=O) groups excluding carboxylic acids is 2. The molecule has 1 heterocycles. The maximum absolute atomic E-state index is 13.0. The Bertz CT molecular complexity index is 1180. The summed E-state index contributed by atoms with van der Waals surface area (Å²) >= 11 is 0. The van der Waals surface area contributed by atoms with Crippen LogP contribution in [0.5, 0.6) is 0 Å². The molecule has 33 heavy (non-hydrogen) atoms. The lowest BCUT2D eigenvalue weighted by Gasteiger charge is -2.26. The van der Waals surface area contributed by atoms with Gasteiger partial charge in [-0.2, -0.15) is 0 Å². The van der Waals surface area contributed by atoms with E-state index in [0.717, 1.165) is 9.87 Å². The van der Waals surface area contributed by atoms with E-state index in [4.69, 9.17) is 0 Å². The zero-order valence-electron chi connectivity index (χ0n) is 19.4. The summed E-state index contributed by atoms with van der Waals surface area (Å²) in [6, 6.07) is 12.3. The highest BCUT2D eigenvalue weighted by atomic mass is 32.2. The van der Waals surface area contributed by atoms with E-state index < -0.39 is 27.8 Å². The summed E-state index contributed by atoms with van der Waals surface area (Å²) < 4.78 is 25.8. The average molecular weight is 472 g/mol. The second-order valence-electron chi connectivity index (χ2n) is 8.52. The van der Waals surface area contributed by atoms with Crippen molar-refractivity contribution in [1.29, 1.82) is 0 Å². The lowest BCUT2D eigenvalue weighted by molar-refractivity contribution is -0.140. The third-order valence-electron chi connectivity index (χ3n) is 5.63. The average Bonchev–Trinajstić information content (AvgIpc) is 3.02. The van der Waals surface area contributed by atoms with E-state index in [0.29, 0.717) is 18.7 Å². The fourth-order valence-electron chi connectivity index (χ4n) is 3.66. The van der Waals surface area contributed by atoms with Gasteiger partial charge < -0.3 is 14.9 Å². The fraction of sp³-hybridized carbons (Fsp3) is 0.333. The third kappa shape index (κ3) is 4.85. The van der Waals surface area contributed by atoms with Gasteiger partial charge in [-0.3, -0.25) is 9.59 Å². The van der Waals surface area contributed by atoms with Gasteiger partial charge in [0.1, 0.15) is 5.76 Å². The molecule has 1 amide bonds. The van der Waals surface area contributed by atoms with Crippen LogP contribution in [-0.2, 0) is 19.6 Å². The smallest absolute Gasteiger partial charge is 0.295 e. The van der Waals surface area contributed by atoms with Crippen molar-refractivity contribution in [2.75, 3.05) is 41.3 Å². The number of carbonyl (C=O) groups is 2. The molecule has 0 spiro atoms. The van der Waals surface area contributed by atoms with Gasteiger partial charge in [-0.15, -0.1) is 0 Å². The summed E-state index contributed by atoms with van der Waals surface area (Å²) in [6.45, 7) is 2.80. The number of hydrogen-bond acceptors (Lipinski definition) is 6. The number of sulfonamides is 1. The number of ketones is 1. The molecule has 9 heteroatoms. The first-order valence-corrected chi connectivity index (χ1v) is 11.9. The molecular formula is C24H29N3O5S.